The van der Waals surface area contributed by atoms with E-state index in [-0.39, 0.29) is 6.17 Å². The molecule has 8 aromatic carbocycles. The third kappa shape index (κ3) is 4.68. The number of hydrogen-bond acceptors (Lipinski definition) is 4. The first-order chi connectivity index (χ1) is 24.2. The molecule has 0 spiro atoms. The average Bonchev–Trinajstić information content (AvgIpc) is 3.54. The van der Waals surface area contributed by atoms with Gasteiger partial charge >= 0.3 is 0 Å². The molecule has 0 amide bonds. The predicted octanol–water partition coefficient (Wildman–Crippen LogP) is 11.2. The number of aliphatic imine (C=N–C) groups is 2. The molecule has 1 aliphatic heterocycles. The smallest absolute Gasteiger partial charge is 0.159 e. The van der Waals surface area contributed by atoms with Crippen molar-refractivity contribution < 1.29 is 4.42 Å². The third-order valence-corrected chi connectivity index (χ3v) is 9.67. The highest BCUT2D eigenvalue weighted by molar-refractivity contribution is 6.24. The summed E-state index contributed by atoms with van der Waals surface area (Å²) in [6.45, 7) is 0. The molecule has 1 N–H and O–H groups in total. The van der Waals surface area contributed by atoms with Crippen LogP contribution in [0.3, 0.4) is 0 Å². The standard InChI is InChI=1S/C45H29N3O/c1-2-12-30(13-3-1)37-22-23-38(41-39-26-33-16-8-9-17-34(33)27-40(39)49-42(37)41)45-47-43(35-20-18-28-10-4-6-14-31(28)24-35)46-44(48-45)36-21-19-29-11-5-7-15-32(29)25-36/h1-27,43H,(H,46,47,48). The molecule has 1 aromatic heterocycles. The molecule has 0 saturated carbocycles. The van der Waals surface area contributed by atoms with E-state index in [1.165, 1.54) is 21.5 Å². The fourth-order valence-corrected chi connectivity index (χ4v) is 7.20. The lowest BCUT2D eigenvalue weighted by atomic mass is 9.96. The molecule has 4 heteroatoms. The van der Waals surface area contributed by atoms with Gasteiger partial charge in [-0.25, -0.2) is 9.98 Å². The second-order valence-electron chi connectivity index (χ2n) is 12.7. The fourth-order valence-electron chi connectivity index (χ4n) is 7.20. The molecule has 0 saturated heterocycles. The summed E-state index contributed by atoms with van der Waals surface area (Å²) >= 11 is 0. The molecule has 10 rings (SSSR count). The summed E-state index contributed by atoms with van der Waals surface area (Å²) < 4.78 is 6.78. The average molecular weight is 628 g/mol. The van der Waals surface area contributed by atoms with E-state index in [1.54, 1.807) is 0 Å². The molecule has 0 bridgehead atoms. The molecule has 0 fully saturated rings. The lowest BCUT2D eigenvalue weighted by Gasteiger charge is -2.24. The molecule has 1 unspecified atom stereocenters. The van der Waals surface area contributed by atoms with Gasteiger partial charge in [-0.15, -0.1) is 0 Å². The number of nitrogens with one attached hydrogen (secondary N) is 1. The van der Waals surface area contributed by atoms with E-state index in [9.17, 15) is 0 Å². The van der Waals surface area contributed by atoms with Gasteiger partial charge in [-0.1, -0.05) is 127 Å². The van der Waals surface area contributed by atoms with Gasteiger partial charge in [-0.2, -0.15) is 0 Å². The van der Waals surface area contributed by atoms with Gasteiger partial charge in [0.1, 0.15) is 23.2 Å². The van der Waals surface area contributed by atoms with Crippen molar-refractivity contribution in [1.82, 2.24) is 5.32 Å². The Hall–Kier alpha value is -6.52. The summed E-state index contributed by atoms with van der Waals surface area (Å²) in [6, 6.07) is 57.5. The second-order valence-corrected chi connectivity index (χ2v) is 12.7. The van der Waals surface area contributed by atoms with Crippen LogP contribution in [0.25, 0.3) is 65.4 Å². The van der Waals surface area contributed by atoms with Gasteiger partial charge in [0.25, 0.3) is 0 Å². The van der Waals surface area contributed by atoms with Gasteiger partial charge < -0.3 is 9.73 Å². The van der Waals surface area contributed by atoms with Gasteiger partial charge in [0.05, 0.1) is 0 Å². The van der Waals surface area contributed by atoms with Crippen LogP contribution in [-0.2, 0) is 0 Å². The topological polar surface area (TPSA) is 49.9 Å². The number of benzene rings is 8. The van der Waals surface area contributed by atoms with Crippen LogP contribution in [0.15, 0.2) is 178 Å². The molecule has 4 nitrogen and oxygen atoms in total. The quantitative estimate of drug-likeness (QED) is 0.211. The van der Waals surface area contributed by atoms with Gasteiger partial charge in [0.15, 0.2) is 5.84 Å². The summed E-state index contributed by atoms with van der Waals surface area (Å²) in [7, 11) is 0. The molecule has 1 aliphatic rings. The van der Waals surface area contributed by atoms with Gasteiger partial charge in [0, 0.05) is 27.5 Å². The molecule has 0 aliphatic carbocycles. The number of furan rings is 1. The number of amidine groups is 2. The lowest BCUT2D eigenvalue weighted by Crippen LogP contribution is -2.33. The number of fused-ring (bicyclic) bond motifs is 6. The molecule has 1 atom stereocenters. The maximum atomic E-state index is 6.78. The van der Waals surface area contributed by atoms with Crippen LogP contribution in [0.4, 0.5) is 0 Å². The van der Waals surface area contributed by atoms with E-state index < -0.39 is 0 Å². The van der Waals surface area contributed by atoms with E-state index in [1.807, 2.05) is 6.07 Å². The van der Waals surface area contributed by atoms with Crippen molar-refractivity contribution in [3.63, 3.8) is 0 Å². The Morgan fingerprint density at radius 3 is 1.86 bits per heavy atom. The van der Waals surface area contributed by atoms with Crippen molar-refractivity contribution in [3.8, 4) is 11.1 Å². The second kappa shape index (κ2) is 11.0. The van der Waals surface area contributed by atoms with E-state index in [4.69, 9.17) is 14.4 Å². The van der Waals surface area contributed by atoms with E-state index in [2.05, 4.69) is 163 Å². The van der Waals surface area contributed by atoms with Crippen molar-refractivity contribution in [2.75, 3.05) is 0 Å². The molecule has 2 heterocycles. The van der Waals surface area contributed by atoms with Crippen molar-refractivity contribution in [2.45, 2.75) is 6.17 Å². The van der Waals surface area contributed by atoms with E-state index in [0.29, 0.717) is 5.84 Å². The zero-order valence-electron chi connectivity index (χ0n) is 26.5. The SMILES string of the molecule is c1ccc(-c2ccc(C3=NC(c4ccc5ccccc5c4)=NC(c4ccc5ccccc5c4)N3)c3c2oc2cc4ccccc4cc23)cc1. The highest BCUT2D eigenvalue weighted by Gasteiger charge is 2.25. The summed E-state index contributed by atoms with van der Waals surface area (Å²) in [5, 5.41) is 12.9. The maximum absolute atomic E-state index is 6.78. The summed E-state index contributed by atoms with van der Waals surface area (Å²) in [4.78, 5) is 10.5. The maximum Gasteiger partial charge on any atom is 0.159 e. The molecule has 0 radical (unpaired) electrons. The Balaban J connectivity index is 1.22. The monoisotopic (exact) mass is 627 g/mol. The van der Waals surface area contributed by atoms with Gasteiger partial charge in [0.2, 0.25) is 0 Å². The first-order valence-electron chi connectivity index (χ1n) is 16.6. The van der Waals surface area contributed by atoms with Crippen LogP contribution in [-0.4, -0.2) is 11.7 Å². The predicted molar refractivity (Wildman–Crippen MR) is 204 cm³/mol. The first-order valence-corrected chi connectivity index (χ1v) is 16.6. The molecular formula is C45H29N3O. The summed E-state index contributed by atoms with van der Waals surface area (Å²) in [5.74, 6) is 1.45. The van der Waals surface area contributed by atoms with E-state index in [0.717, 1.165) is 66.4 Å². The minimum Gasteiger partial charge on any atom is -0.455 e. The number of hydrogen-bond donors (Lipinski definition) is 1. The summed E-state index contributed by atoms with van der Waals surface area (Å²) in [6.07, 6.45) is -0.346. The third-order valence-electron chi connectivity index (χ3n) is 9.67. The van der Waals surface area contributed by atoms with E-state index >= 15 is 0 Å². The summed E-state index contributed by atoms with van der Waals surface area (Å²) in [5.41, 5.74) is 6.87. The van der Waals surface area contributed by atoms with Crippen LogP contribution in [0, 0.1) is 0 Å². The van der Waals surface area contributed by atoms with Crippen LogP contribution >= 0.6 is 0 Å². The van der Waals surface area contributed by atoms with Crippen molar-refractivity contribution in [1.29, 1.82) is 0 Å². The molecule has 9 aromatic rings. The normalized spacial score (nSPS) is 14.7. The Morgan fingerprint density at radius 1 is 0.490 bits per heavy atom. The highest BCUT2D eigenvalue weighted by Crippen LogP contribution is 2.40. The zero-order valence-corrected chi connectivity index (χ0v) is 26.5. The molecular weight excluding hydrogens is 599 g/mol. The van der Waals surface area contributed by atoms with Crippen molar-refractivity contribution in [3.05, 3.63) is 180 Å². The Kier molecular flexibility index (Phi) is 6.21. The largest absolute Gasteiger partial charge is 0.455 e. The van der Waals surface area contributed by atoms with Gasteiger partial charge in [-0.05, 0) is 79.8 Å². The van der Waals surface area contributed by atoms with Crippen LogP contribution in [0.2, 0.25) is 0 Å². The number of rotatable bonds is 4. The minimum atomic E-state index is -0.346. The highest BCUT2D eigenvalue weighted by atomic mass is 16.3. The Morgan fingerprint density at radius 2 is 1.10 bits per heavy atom. The van der Waals surface area contributed by atoms with Crippen LogP contribution in [0.1, 0.15) is 22.9 Å². The molecule has 230 valence electrons. The molecule has 49 heavy (non-hydrogen) atoms. The van der Waals surface area contributed by atoms with Crippen molar-refractivity contribution in [2.24, 2.45) is 9.98 Å². The fraction of sp³-hybridized carbons (Fsp3) is 0.0222. The van der Waals surface area contributed by atoms with Crippen LogP contribution < -0.4 is 5.32 Å². The number of nitrogens with zero attached hydrogens (tertiary/aromatic N) is 2. The van der Waals surface area contributed by atoms with Crippen LogP contribution in [0.5, 0.6) is 0 Å². The zero-order chi connectivity index (χ0) is 32.3. The lowest BCUT2D eigenvalue weighted by molar-refractivity contribution is 0.669. The Labute approximate surface area is 282 Å². The Bertz CT molecular complexity index is 2810. The van der Waals surface area contributed by atoms with Gasteiger partial charge in [-0.3, -0.25) is 0 Å². The van der Waals surface area contributed by atoms with Crippen molar-refractivity contribution >= 4 is 65.9 Å². The first kappa shape index (κ1) is 27.6. The minimum absolute atomic E-state index is 0.346.